The summed E-state index contributed by atoms with van der Waals surface area (Å²) in [6.45, 7) is 12.1. The Kier molecular flexibility index (Phi) is 7.03. The summed E-state index contributed by atoms with van der Waals surface area (Å²) in [5.74, 6) is -0.702. The maximum Gasteiger partial charge on any atom is 0.324 e. The van der Waals surface area contributed by atoms with Gasteiger partial charge in [-0.05, 0) is 68.0 Å². The Bertz CT molecular complexity index is 963. The zero-order chi connectivity index (χ0) is 23.9. The lowest BCUT2D eigenvalue weighted by molar-refractivity contribution is -0.157. The van der Waals surface area contributed by atoms with E-state index in [0.717, 1.165) is 17.5 Å². The summed E-state index contributed by atoms with van der Waals surface area (Å²) in [6.07, 6.45) is 0.766. The summed E-state index contributed by atoms with van der Waals surface area (Å²) in [5.41, 5.74) is 7.64. The first-order valence-corrected chi connectivity index (χ1v) is 11.8. The van der Waals surface area contributed by atoms with Gasteiger partial charge in [0.2, 0.25) is 0 Å². The molecule has 0 spiro atoms. The molecule has 6 heteroatoms. The van der Waals surface area contributed by atoms with Crippen molar-refractivity contribution in [3.63, 3.8) is 0 Å². The molecule has 4 atom stereocenters. The van der Waals surface area contributed by atoms with Crippen LogP contribution < -0.4 is 11.1 Å². The molecule has 0 aliphatic carbocycles. The molecule has 3 rings (SSSR count). The second-order valence-electron chi connectivity index (χ2n) is 11.0. The number of ether oxygens (including phenoxy) is 1. The van der Waals surface area contributed by atoms with Crippen molar-refractivity contribution in [2.24, 2.45) is 11.1 Å². The van der Waals surface area contributed by atoms with Crippen LogP contribution in [0.25, 0.3) is 0 Å². The maximum atomic E-state index is 13.4. The van der Waals surface area contributed by atoms with Gasteiger partial charge in [0, 0.05) is 22.0 Å². The van der Waals surface area contributed by atoms with Crippen LogP contribution in [0.1, 0.15) is 65.0 Å². The van der Waals surface area contributed by atoms with E-state index in [1.165, 1.54) is 0 Å². The standard InChI is InChI=1S/C26H34Cl2N2O2/c1-24(2,3)15-20-26(29,17-10-12-18(27)13-11-17)21(16-8-7-9-19(28)14-16)22(30-20)23(31)32-25(4,5)6/h7-14,20-22,30H,15,29H2,1-6H3. The fourth-order valence-electron chi connectivity index (χ4n) is 4.64. The zero-order valence-corrected chi connectivity index (χ0v) is 21.2. The van der Waals surface area contributed by atoms with E-state index in [2.05, 4.69) is 26.1 Å². The van der Waals surface area contributed by atoms with Crippen LogP contribution in [-0.2, 0) is 15.1 Å². The molecule has 4 nitrogen and oxygen atoms in total. The number of benzene rings is 2. The molecular formula is C26H34Cl2N2O2. The van der Waals surface area contributed by atoms with Crippen LogP contribution in [0, 0.1) is 5.41 Å². The minimum atomic E-state index is -0.885. The van der Waals surface area contributed by atoms with Gasteiger partial charge in [0.1, 0.15) is 11.6 Å². The third-order valence-electron chi connectivity index (χ3n) is 5.83. The van der Waals surface area contributed by atoms with Gasteiger partial charge in [-0.3, -0.25) is 10.1 Å². The van der Waals surface area contributed by atoms with Crippen molar-refractivity contribution in [3.8, 4) is 0 Å². The molecule has 4 unspecified atom stereocenters. The van der Waals surface area contributed by atoms with Crippen molar-refractivity contribution in [2.75, 3.05) is 0 Å². The lowest BCUT2D eigenvalue weighted by atomic mass is 9.68. The molecule has 1 saturated heterocycles. The molecular weight excluding hydrogens is 443 g/mol. The van der Waals surface area contributed by atoms with Crippen LogP contribution in [0.15, 0.2) is 48.5 Å². The number of hydrogen-bond donors (Lipinski definition) is 2. The lowest BCUT2D eigenvalue weighted by Gasteiger charge is -2.39. The van der Waals surface area contributed by atoms with Gasteiger partial charge in [0.25, 0.3) is 0 Å². The van der Waals surface area contributed by atoms with Crippen molar-refractivity contribution in [1.82, 2.24) is 5.32 Å². The molecule has 0 bridgehead atoms. The van der Waals surface area contributed by atoms with Crippen LogP contribution in [0.2, 0.25) is 10.0 Å². The third-order valence-corrected chi connectivity index (χ3v) is 6.32. The molecule has 1 fully saturated rings. The molecule has 174 valence electrons. The largest absolute Gasteiger partial charge is 0.459 e. The van der Waals surface area contributed by atoms with Gasteiger partial charge in [-0.25, -0.2) is 0 Å². The molecule has 2 aromatic rings. The van der Waals surface area contributed by atoms with Crippen molar-refractivity contribution in [3.05, 3.63) is 69.7 Å². The number of nitrogens with one attached hydrogen (secondary N) is 1. The van der Waals surface area contributed by atoms with E-state index in [9.17, 15) is 4.79 Å². The summed E-state index contributed by atoms with van der Waals surface area (Å²) in [6, 6.07) is 14.4. The number of hydrogen-bond acceptors (Lipinski definition) is 4. The fraction of sp³-hybridized carbons (Fsp3) is 0.500. The monoisotopic (exact) mass is 476 g/mol. The number of carbonyl (C=O) groups excluding carboxylic acids is 1. The second-order valence-corrected chi connectivity index (χ2v) is 11.8. The van der Waals surface area contributed by atoms with Crippen molar-refractivity contribution >= 4 is 29.2 Å². The number of carbonyl (C=O) groups is 1. The number of rotatable bonds is 4. The SMILES string of the molecule is CC(C)(C)CC1NC(C(=O)OC(C)(C)C)C(c2cccc(Cl)c2)C1(N)c1ccc(Cl)cc1. The van der Waals surface area contributed by atoms with E-state index >= 15 is 0 Å². The first-order valence-electron chi connectivity index (χ1n) is 11.0. The van der Waals surface area contributed by atoms with Gasteiger partial charge in [-0.2, -0.15) is 0 Å². The highest BCUT2D eigenvalue weighted by molar-refractivity contribution is 6.30. The molecule has 0 radical (unpaired) electrons. The highest BCUT2D eigenvalue weighted by Gasteiger charge is 2.57. The first-order chi connectivity index (χ1) is 14.7. The summed E-state index contributed by atoms with van der Waals surface area (Å²) >= 11 is 12.5. The van der Waals surface area contributed by atoms with Crippen molar-refractivity contribution in [2.45, 2.75) is 77.1 Å². The Labute approximate surface area is 201 Å². The smallest absolute Gasteiger partial charge is 0.324 e. The molecule has 0 aromatic heterocycles. The van der Waals surface area contributed by atoms with Crippen LogP contribution in [0.5, 0.6) is 0 Å². The average molecular weight is 477 g/mol. The summed E-state index contributed by atoms with van der Waals surface area (Å²) < 4.78 is 5.82. The van der Waals surface area contributed by atoms with Crippen molar-refractivity contribution < 1.29 is 9.53 Å². The lowest BCUT2D eigenvalue weighted by Crippen LogP contribution is -2.51. The molecule has 1 aliphatic heterocycles. The van der Waals surface area contributed by atoms with Gasteiger partial charge in [-0.1, -0.05) is 68.2 Å². The predicted octanol–water partition coefficient (Wildman–Crippen LogP) is 6.05. The van der Waals surface area contributed by atoms with E-state index in [4.69, 9.17) is 33.7 Å². The van der Waals surface area contributed by atoms with Gasteiger partial charge in [0.05, 0.1) is 5.54 Å². The van der Waals surface area contributed by atoms with E-state index in [0.29, 0.717) is 10.0 Å². The number of nitrogens with two attached hydrogens (primary N) is 1. The number of esters is 1. The topological polar surface area (TPSA) is 64.3 Å². The Morgan fingerprint density at radius 3 is 2.19 bits per heavy atom. The molecule has 1 heterocycles. The first kappa shape index (κ1) is 25.0. The quantitative estimate of drug-likeness (QED) is 0.527. The summed E-state index contributed by atoms with van der Waals surface area (Å²) in [4.78, 5) is 13.4. The minimum absolute atomic E-state index is 0.0174. The van der Waals surface area contributed by atoms with Gasteiger partial charge in [0.15, 0.2) is 0 Å². The molecule has 3 N–H and O–H groups in total. The van der Waals surface area contributed by atoms with Crippen LogP contribution in [0.4, 0.5) is 0 Å². The zero-order valence-electron chi connectivity index (χ0n) is 19.7. The van der Waals surface area contributed by atoms with Gasteiger partial charge >= 0.3 is 5.97 Å². The summed E-state index contributed by atoms with van der Waals surface area (Å²) in [7, 11) is 0. The van der Waals surface area contributed by atoms with E-state index in [-0.39, 0.29) is 23.3 Å². The highest BCUT2D eigenvalue weighted by Crippen LogP contribution is 2.48. The predicted molar refractivity (Wildman–Crippen MR) is 132 cm³/mol. The number of halogens is 2. The van der Waals surface area contributed by atoms with E-state index in [1.807, 2.05) is 69.3 Å². The van der Waals surface area contributed by atoms with E-state index < -0.39 is 17.2 Å². The Balaban J connectivity index is 2.20. The molecule has 1 aliphatic rings. The van der Waals surface area contributed by atoms with Crippen LogP contribution in [-0.4, -0.2) is 23.7 Å². The fourth-order valence-corrected chi connectivity index (χ4v) is 4.97. The van der Waals surface area contributed by atoms with E-state index in [1.54, 1.807) is 0 Å². The van der Waals surface area contributed by atoms with Gasteiger partial charge < -0.3 is 10.5 Å². The van der Waals surface area contributed by atoms with Crippen molar-refractivity contribution in [1.29, 1.82) is 0 Å². The Hall–Kier alpha value is -1.59. The Morgan fingerprint density at radius 1 is 1.03 bits per heavy atom. The molecule has 0 amide bonds. The maximum absolute atomic E-state index is 13.4. The average Bonchev–Trinajstić information content (AvgIpc) is 2.93. The van der Waals surface area contributed by atoms with Crippen LogP contribution in [0.3, 0.4) is 0 Å². The van der Waals surface area contributed by atoms with Crippen LogP contribution >= 0.6 is 23.2 Å². The Morgan fingerprint density at radius 2 is 1.66 bits per heavy atom. The normalized spacial score (nSPS) is 26.2. The summed E-state index contributed by atoms with van der Waals surface area (Å²) in [5, 5.41) is 4.80. The minimum Gasteiger partial charge on any atom is -0.459 e. The second kappa shape index (κ2) is 8.98. The van der Waals surface area contributed by atoms with Gasteiger partial charge in [-0.15, -0.1) is 0 Å². The molecule has 0 saturated carbocycles. The third kappa shape index (κ3) is 5.48. The molecule has 2 aromatic carbocycles. The molecule has 32 heavy (non-hydrogen) atoms. The highest BCUT2D eigenvalue weighted by atomic mass is 35.5.